The smallest absolute Gasteiger partial charge is 0.292 e. The lowest BCUT2D eigenvalue weighted by Gasteiger charge is -1.97. The van der Waals surface area contributed by atoms with Gasteiger partial charge in [0.2, 0.25) is 0 Å². The lowest BCUT2D eigenvalue weighted by Crippen LogP contribution is -2.11. The SMILES string of the molecule is CCn1ccc(NC(=O)c2ccco2)n1. The number of nitrogens with one attached hydrogen (secondary N) is 1. The van der Waals surface area contributed by atoms with Crippen molar-refractivity contribution in [3.8, 4) is 0 Å². The average molecular weight is 205 g/mol. The minimum absolute atomic E-state index is 0.279. The van der Waals surface area contributed by atoms with Gasteiger partial charge in [0.15, 0.2) is 11.6 Å². The molecule has 0 aromatic carbocycles. The number of rotatable bonds is 3. The van der Waals surface area contributed by atoms with Crippen molar-refractivity contribution < 1.29 is 9.21 Å². The van der Waals surface area contributed by atoms with E-state index < -0.39 is 0 Å². The average Bonchev–Trinajstić information content (AvgIpc) is 2.87. The molecule has 0 saturated carbocycles. The van der Waals surface area contributed by atoms with Crippen LogP contribution in [-0.4, -0.2) is 15.7 Å². The number of nitrogens with zero attached hydrogens (tertiary/aromatic N) is 2. The van der Waals surface area contributed by atoms with Crippen LogP contribution in [0.1, 0.15) is 17.5 Å². The first kappa shape index (κ1) is 9.51. The van der Waals surface area contributed by atoms with Crippen LogP contribution in [-0.2, 0) is 6.54 Å². The summed E-state index contributed by atoms with van der Waals surface area (Å²) < 4.78 is 6.69. The molecule has 0 fully saturated rings. The maximum atomic E-state index is 11.5. The van der Waals surface area contributed by atoms with E-state index in [4.69, 9.17) is 4.42 Å². The van der Waals surface area contributed by atoms with Gasteiger partial charge in [-0.05, 0) is 19.1 Å². The molecule has 0 aliphatic rings. The van der Waals surface area contributed by atoms with E-state index in [9.17, 15) is 4.79 Å². The topological polar surface area (TPSA) is 60.1 Å². The lowest BCUT2D eigenvalue weighted by molar-refractivity contribution is 0.0996. The van der Waals surface area contributed by atoms with E-state index in [1.54, 1.807) is 29.1 Å². The van der Waals surface area contributed by atoms with Crippen LogP contribution >= 0.6 is 0 Å². The van der Waals surface area contributed by atoms with Crippen molar-refractivity contribution in [2.24, 2.45) is 0 Å². The van der Waals surface area contributed by atoms with Gasteiger partial charge in [-0.15, -0.1) is 0 Å². The van der Waals surface area contributed by atoms with Crippen molar-refractivity contribution in [2.45, 2.75) is 13.5 Å². The van der Waals surface area contributed by atoms with E-state index in [-0.39, 0.29) is 11.7 Å². The maximum Gasteiger partial charge on any atom is 0.292 e. The fraction of sp³-hybridized carbons (Fsp3) is 0.200. The Kier molecular flexibility index (Phi) is 2.53. The molecule has 5 heteroatoms. The van der Waals surface area contributed by atoms with Gasteiger partial charge < -0.3 is 9.73 Å². The monoisotopic (exact) mass is 205 g/mol. The van der Waals surface area contributed by atoms with Crippen molar-refractivity contribution in [1.29, 1.82) is 0 Å². The van der Waals surface area contributed by atoms with Crippen molar-refractivity contribution in [3.63, 3.8) is 0 Å². The summed E-state index contributed by atoms with van der Waals surface area (Å²) in [6.07, 6.45) is 3.26. The molecule has 2 heterocycles. The van der Waals surface area contributed by atoms with Crippen LogP contribution in [0.2, 0.25) is 0 Å². The summed E-state index contributed by atoms with van der Waals surface area (Å²) in [6.45, 7) is 2.75. The highest BCUT2D eigenvalue weighted by Crippen LogP contribution is 2.06. The number of carbonyl (C=O) groups is 1. The van der Waals surface area contributed by atoms with Crippen molar-refractivity contribution in [1.82, 2.24) is 9.78 Å². The number of aryl methyl sites for hydroxylation is 1. The number of anilines is 1. The Bertz CT molecular complexity index is 445. The van der Waals surface area contributed by atoms with Crippen LogP contribution in [0, 0.1) is 0 Å². The molecule has 0 unspecified atom stereocenters. The van der Waals surface area contributed by atoms with E-state index in [1.807, 2.05) is 6.92 Å². The number of aromatic nitrogens is 2. The lowest BCUT2D eigenvalue weighted by atomic mass is 10.4. The molecule has 0 saturated heterocycles. The van der Waals surface area contributed by atoms with Gasteiger partial charge in [-0.25, -0.2) is 0 Å². The Labute approximate surface area is 86.7 Å². The molecule has 5 nitrogen and oxygen atoms in total. The van der Waals surface area contributed by atoms with E-state index in [1.165, 1.54) is 6.26 Å². The van der Waals surface area contributed by atoms with E-state index >= 15 is 0 Å². The summed E-state index contributed by atoms with van der Waals surface area (Å²) in [6, 6.07) is 5.01. The van der Waals surface area contributed by atoms with Gasteiger partial charge in [-0.2, -0.15) is 5.10 Å². The predicted octanol–water partition coefficient (Wildman–Crippen LogP) is 1.75. The molecule has 2 rings (SSSR count). The summed E-state index contributed by atoms with van der Waals surface area (Å²) in [5.41, 5.74) is 0. The zero-order valence-corrected chi connectivity index (χ0v) is 8.30. The molecule has 0 radical (unpaired) electrons. The highest BCUT2D eigenvalue weighted by Gasteiger charge is 2.09. The fourth-order valence-corrected chi connectivity index (χ4v) is 1.19. The Hall–Kier alpha value is -2.04. The second kappa shape index (κ2) is 4.00. The number of hydrogen-bond donors (Lipinski definition) is 1. The summed E-state index contributed by atoms with van der Waals surface area (Å²) in [5.74, 6) is 0.514. The van der Waals surface area contributed by atoms with Crippen LogP contribution in [0.4, 0.5) is 5.82 Å². The van der Waals surface area contributed by atoms with Gasteiger partial charge in [0, 0.05) is 18.8 Å². The number of amides is 1. The predicted molar refractivity (Wildman–Crippen MR) is 54.6 cm³/mol. The molecule has 0 spiro atoms. The van der Waals surface area contributed by atoms with E-state index in [0.29, 0.717) is 5.82 Å². The fourth-order valence-electron chi connectivity index (χ4n) is 1.19. The van der Waals surface area contributed by atoms with Crippen molar-refractivity contribution >= 4 is 11.7 Å². The summed E-state index contributed by atoms with van der Waals surface area (Å²) in [4.78, 5) is 11.5. The molecule has 15 heavy (non-hydrogen) atoms. The van der Waals surface area contributed by atoms with Crippen molar-refractivity contribution in [2.75, 3.05) is 5.32 Å². The third-order valence-corrected chi connectivity index (χ3v) is 1.95. The molecule has 0 bridgehead atoms. The summed E-state index contributed by atoms with van der Waals surface area (Å²) >= 11 is 0. The van der Waals surface area contributed by atoms with E-state index in [2.05, 4.69) is 10.4 Å². The molecular weight excluding hydrogens is 194 g/mol. The summed E-state index contributed by atoms with van der Waals surface area (Å²) in [7, 11) is 0. The third-order valence-electron chi connectivity index (χ3n) is 1.95. The number of furan rings is 1. The second-order valence-corrected chi connectivity index (χ2v) is 2.99. The Morgan fingerprint density at radius 1 is 1.60 bits per heavy atom. The van der Waals surface area contributed by atoms with Crippen LogP contribution < -0.4 is 5.32 Å². The van der Waals surface area contributed by atoms with Gasteiger partial charge in [0.25, 0.3) is 5.91 Å². The number of hydrogen-bond acceptors (Lipinski definition) is 3. The molecule has 2 aromatic rings. The van der Waals surface area contributed by atoms with Crippen molar-refractivity contribution in [3.05, 3.63) is 36.4 Å². The molecular formula is C10H11N3O2. The molecule has 1 N–H and O–H groups in total. The van der Waals surface area contributed by atoms with Gasteiger partial charge >= 0.3 is 0 Å². The molecule has 0 aliphatic carbocycles. The molecule has 1 amide bonds. The minimum Gasteiger partial charge on any atom is -0.459 e. The van der Waals surface area contributed by atoms with Gasteiger partial charge in [0.1, 0.15) is 0 Å². The first-order valence-corrected chi connectivity index (χ1v) is 4.68. The second-order valence-electron chi connectivity index (χ2n) is 2.99. The van der Waals surface area contributed by atoms with E-state index in [0.717, 1.165) is 6.54 Å². The zero-order valence-electron chi connectivity index (χ0n) is 8.30. The Balaban J connectivity index is 2.06. The van der Waals surface area contributed by atoms with Crippen LogP contribution in [0.25, 0.3) is 0 Å². The quantitative estimate of drug-likeness (QED) is 0.830. The molecule has 2 aromatic heterocycles. The highest BCUT2D eigenvalue weighted by molar-refractivity contribution is 6.01. The normalized spacial score (nSPS) is 10.2. The maximum absolute atomic E-state index is 11.5. The van der Waals surface area contributed by atoms with Gasteiger partial charge in [-0.3, -0.25) is 9.48 Å². The number of carbonyl (C=O) groups excluding carboxylic acids is 1. The van der Waals surface area contributed by atoms with Gasteiger partial charge in [0.05, 0.1) is 6.26 Å². The van der Waals surface area contributed by atoms with Gasteiger partial charge in [-0.1, -0.05) is 0 Å². The van der Waals surface area contributed by atoms with Crippen LogP contribution in [0.3, 0.4) is 0 Å². The Morgan fingerprint density at radius 3 is 3.07 bits per heavy atom. The highest BCUT2D eigenvalue weighted by atomic mass is 16.3. The first-order chi connectivity index (χ1) is 7.29. The standard InChI is InChI=1S/C10H11N3O2/c1-2-13-6-5-9(12-13)11-10(14)8-4-3-7-15-8/h3-7H,2H2,1H3,(H,11,12,14). The third kappa shape index (κ3) is 2.07. The molecule has 0 aliphatic heterocycles. The molecule has 0 atom stereocenters. The van der Waals surface area contributed by atoms with Crippen LogP contribution in [0.5, 0.6) is 0 Å². The zero-order chi connectivity index (χ0) is 10.7. The molecule has 78 valence electrons. The van der Waals surface area contributed by atoms with Crippen LogP contribution in [0.15, 0.2) is 35.1 Å². The first-order valence-electron chi connectivity index (χ1n) is 4.68. The minimum atomic E-state index is -0.290. The Morgan fingerprint density at radius 2 is 2.47 bits per heavy atom. The summed E-state index contributed by atoms with van der Waals surface area (Å²) in [5, 5.41) is 6.76. The largest absolute Gasteiger partial charge is 0.459 e.